The second-order valence-electron chi connectivity index (χ2n) is 6.06. The zero-order chi connectivity index (χ0) is 19.1. The second-order valence-corrected chi connectivity index (χ2v) is 6.06. The molecule has 0 fully saturated rings. The molecule has 0 amide bonds. The molecule has 0 unspecified atom stereocenters. The van der Waals surface area contributed by atoms with Gasteiger partial charge >= 0.3 is 0 Å². The quantitative estimate of drug-likeness (QED) is 0.318. The Kier molecular flexibility index (Phi) is 5.94. The van der Waals surface area contributed by atoms with Crippen molar-refractivity contribution in [2.24, 2.45) is 4.99 Å². The topological polar surface area (TPSA) is 64.7 Å². The number of non-ortho nitro benzene ring substituents is 1. The maximum absolute atomic E-state index is 10.7. The Morgan fingerprint density at radius 2 is 1.70 bits per heavy atom. The Morgan fingerprint density at radius 1 is 1.00 bits per heavy atom. The number of nitro benzene ring substituents is 1. The molecule has 3 aromatic rings. The third-order valence-corrected chi connectivity index (χ3v) is 4.12. The molecule has 0 aliphatic heterocycles. The molecule has 0 bridgehead atoms. The van der Waals surface area contributed by atoms with Gasteiger partial charge in [0, 0.05) is 18.3 Å². The zero-order valence-corrected chi connectivity index (χ0v) is 15.0. The third kappa shape index (κ3) is 5.25. The minimum Gasteiger partial charge on any atom is -0.489 e. The van der Waals surface area contributed by atoms with Crippen LogP contribution < -0.4 is 4.74 Å². The van der Waals surface area contributed by atoms with E-state index >= 15 is 0 Å². The van der Waals surface area contributed by atoms with Crippen LogP contribution in [0.15, 0.2) is 77.8 Å². The molecule has 0 saturated carbocycles. The van der Waals surface area contributed by atoms with Gasteiger partial charge in [0.25, 0.3) is 5.69 Å². The standard InChI is InChI=1S/C22H20N2O3/c1-2-17-6-10-20(11-7-17)23-15-19-4-3-5-22(14-19)27-16-18-8-12-21(13-9-18)24(25)26/h3-15H,2,16H2,1H3. The van der Waals surface area contributed by atoms with E-state index in [4.69, 9.17) is 4.74 Å². The van der Waals surface area contributed by atoms with Crippen LogP contribution in [0.25, 0.3) is 0 Å². The van der Waals surface area contributed by atoms with Crippen molar-refractivity contribution in [3.8, 4) is 5.75 Å². The molecule has 0 aliphatic rings. The largest absolute Gasteiger partial charge is 0.489 e. The van der Waals surface area contributed by atoms with Gasteiger partial charge in [-0.3, -0.25) is 15.1 Å². The van der Waals surface area contributed by atoms with Crippen LogP contribution in [-0.4, -0.2) is 11.1 Å². The number of ether oxygens (including phenoxy) is 1. The Balaban J connectivity index is 1.62. The van der Waals surface area contributed by atoms with Crippen LogP contribution >= 0.6 is 0 Å². The summed E-state index contributed by atoms with van der Waals surface area (Å²) in [5.41, 5.74) is 4.08. The lowest BCUT2D eigenvalue weighted by Crippen LogP contribution is -1.96. The lowest BCUT2D eigenvalue weighted by Gasteiger charge is -2.07. The average Bonchev–Trinajstić information content (AvgIpc) is 2.72. The Hall–Kier alpha value is -3.47. The molecule has 0 spiro atoms. The van der Waals surface area contributed by atoms with Gasteiger partial charge in [0.15, 0.2) is 0 Å². The molecule has 0 atom stereocenters. The molecule has 0 saturated heterocycles. The van der Waals surface area contributed by atoms with Crippen LogP contribution in [0.3, 0.4) is 0 Å². The van der Waals surface area contributed by atoms with E-state index in [0.717, 1.165) is 29.0 Å². The van der Waals surface area contributed by atoms with Crippen molar-refractivity contribution < 1.29 is 9.66 Å². The highest BCUT2D eigenvalue weighted by Crippen LogP contribution is 2.18. The number of aliphatic imine (C=N–C) groups is 1. The summed E-state index contributed by atoms with van der Waals surface area (Å²) in [6.45, 7) is 2.47. The smallest absolute Gasteiger partial charge is 0.269 e. The van der Waals surface area contributed by atoms with E-state index in [2.05, 4.69) is 24.0 Å². The maximum Gasteiger partial charge on any atom is 0.269 e. The number of nitro groups is 1. The fourth-order valence-electron chi connectivity index (χ4n) is 2.53. The number of aryl methyl sites for hydroxylation is 1. The first-order chi connectivity index (χ1) is 13.1. The van der Waals surface area contributed by atoms with Crippen molar-refractivity contribution in [1.82, 2.24) is 0 Å². The molecule has 0 heterocycles. The summed E-state index contributed by atoms with van der Waals surface area (Å²) in [4.78, 5) is 14.8. The highest BCUT2D eigenvalue weighted by Gasteiger charge is 2.04. The Bertz CT molecular complexity index is 933. The molecule has 136 valence electrons. The SMILES string of the molecule is CCc1ccc(N=Cc2cccc(OCc3ccc([N+](=O)[O-])cc3)c2)cc1. The second kappa shape index (κ2) is 8.76. The summed E-state index contributed by atoms with van der Waals surface area (Å²) in [5.74, 6) is 0.721. The van der Waals surface area contributed by atoms with Gasteiger partial charge in [-0.1, -0.05) is 31.2 Å². The minimum absolute atomic E-state index is 0.0731. The molecule has 3 rings (SSSR count). The summed E-state index contributed by atoms with van der Waals surface area (Å²) in [6, 6.07) is 22.2. The molecular weight excluding hydrogens is 340 g/mol. The van der Waals surface area contributed by atoms with Gasteiger partial charge in [0.1, 0.15) is 12.4 Å². The van der Waals surface area contributed by atoms with Crippen molar-refractivity contribution >= 4 is 17.6 Å². The predicted octanol–water partition coefficient (Wildman–Crippen LogP) is 5.49. The Labute approximate surface area is 158 Å². The summed E-state index contributed by atoms with van der Waals surface area (Å²) in [7, 11) is 0. The first kappa shape index (κ1) is 18.3. The number of hydrogen-bond donors (Lipinski definition) is 0. The van der Waals surface area contributed by atoms with Crippen molar-refractivity contribution in [2.45, 2.75) is 20.0 Å². The van der Waals surface area contributed by atoms with Gasteiger partial charge in [-0.25, -0.2) is 0 Å². The number of benzene rings is 3. The molecule has 27 heavy (non-hydrogen) atoms. The van der Waals surface area contributed by atoms with Crippen LogP contribution in [0.2, 0.25) is 0 Å². The van der Waals surface area contributed by atoms with Crippen LogP contribution in [-0.2, 0) is 13.0 Å². The van der Waals surface area contributed by atoms with Crippen molar-refractivity contribution in [2.75, 3.05) is 0 Å². The first-order valence-electron chi connectivity index (χ1n) is 8.73. The lowest BCUT2D eigenvalue weighted by atomic mass is 10.1. The van der Waals surface area contributed by atoms with Crippen LogP contribution in [0.4, 0.5) is 11.4 Å². The molecular formula is C22H20N2O3. The van der Waals surface area contributed by atoms with E-state index < -0.39 is 4.92 Å². The van der Waals surface area contributed by atoms with Crippen LogP contribution in [0, 0.1) is 10.1 Å². The maximum atomic E-state index is 10.7. The van der Waals surface area contributed by atoms with Crippen molar-refractivity contribution in [1.29, 1.82) is 0 Å². The van der Waals surface area contributed by atoms with E-state index in [1.807, 2.05) is 36.4 Å². The monoisotopic (exact) mass is 360 g/mol. The summed E-state index contributed by atoms with van der Waals surface area (Å²) >= 11 is 0. The van der Waals surface area contributed by atoms with E-state index in [1.165, 1.54) is 17.7 Å². The molecule has 0 N–H and O–H groups in total. The van der Waals surface area contributed by atoms with Crippen molar-refractivity contribution in [3.05, 3.63) is 99.6 Å². The van der Waals surface area contributed by atoms with E-state index in [9.17, 15) is 10.1 Å². The third-order valence-electron chi connectivity index (χ3n) is 4.12. The summed E-state index contributed by atoms with van der Waals surface area (Å²) in [5, 5.41) is 10.7. The highest BCUT2D eigenvalue weighted by molar-refractivity contribution is 5.82. The number of hydrogen-bond acceptors (Lipinski definition) is 4. The molecule has 3 aromatic carbocycles. The average molecular weight is 360 g/mol. The van der Waals surface area contributed by atoms with Gasteiger partial charge < -0.3 is 4.74 Å². The fraction of sp³-hybridized carbons (Fsp3) is 0.136. The minimum atomic E-state index is -0.413. The van der Waals surface area contributed by atoms with Crippen molar-refractivity contribution in [3.63, 3.8) is 0 Å². The Morgan fingerprint density at radius 3 is 2.37 bits per heavy atom. The van der Waals surface area contributed by atoms with Crippen LogP contribution in [0.5, 0.6) is 5.75 Å². The number of nitrogens with zero attached hydrogens (tertiary/aromatic N) is 2. The summed E-state index contributed by atoms with van der Waals surface area (Å²) < 4.78 is 5.78. The van der Waals surface area contributed by atoms with Gasteiger partial charge in [-0.2, -0.15) is 0 Å². The lowest BCUT2D eigenvalue weighted by molar-refractivity contribution is -0.384. The van der Waals surface area contributed by atoms with E-state index in [1.54, 1.807) is 18.3 Å². The normalized spacial score (nSPS) is 10.9. The number of rotatable bonds is 7. The highest BCUT2D eigenvalue weighted by atomic mass is 16.6. The molecule has 5 heteroatoms. The van der Waals surface area contributed by atoms with E-state index in [-0.39, 0.29) is 5.69 Å². The molecule has 0 radical (unpaired) electrons. The van der Waals surface area contributed by atoms with Gasteiger partial charge in [-0.15, -0.1) is 0 Å². The fourth-order valence-corrected chi connectivity index (χ4v) is 2.53. The summed E-state index contributed by atoms with van der Waals surface area (Å²) in [6.07, 6.45) is 2.82. The zero-order valence-electron chi connectivity index (χ0n) is 15.0. The molecule has 0 aliphatic carbocycles. The predicted molar refractivity (Wildman–Crippen MR) is 107 cm³/mol. The van der Waals surface area contributed by atoms with Gasteiger partial charge in [0.2, 0.25) is 0 Å². The molecule has 0 aromatic heterocycles. The van der Waals surface area contributed by atoms with E-state index in [0.29, 0.717) is 6.61 Å². The van der Waals surface area contributed by atoms with Crippen LogP contribution in [0.1, 0.15) is 23.6 Å². The van der Waals surface area contributed by atoms with Gasteiger partial charge in [-0.05, 0) is 59.5 Å². The molecule has 5 nitrogen and oxygen atoms in total. The first-order valence-corrected chi connectivity index (χ1v) is 8.73. The van der Waals surface area contributed by atoms with Gasteiger partial charge in [0.05, 0.1) is 10.6 Å².